The van der Waals surface area contributed by atoms with Gasteiger partial charge in [0.1, 0.15) is 13.2 Å². The van der Waals surface area contributed by atoms with Crippen LogP contribution < -0.4 is 0 Å². The predicted molar refractivity (Wildman–Crippen MR) is 83.0 cm³/mol. The van der Waals surface area contributed by atoms with Gasteiger partial charge in [0.25, 0.3) is 0 Å². The van der Waals surface area contributed by atoms with Gasteiger partial charge in [-0.1, -0.05) is 34.4 Å². The molecule has 0 aliphatic heterocycles. The fraction of sp³-hybridized carbons (Fsp3) is 0.467. The molecule has 1 aliphatic rings. The average molecular weight is 330 g/mol. The van der Waals surface area contributed by atoms with Crippen LogP contribution in [0.15, 0.2) is 23.4 Å². The van der Waals surface area contributed by atoms with Gasteiger partial charge in [-0.3, -0.25) is 4.79 Å². The molecule has 0 amide bonds. The van der Waals surface area contributed by atoms with Crippen molar-refractivity contribution in [2.75, 3.05) is 7.11 Å². The average Bonchev–Trinajstić information content (AvgIpc) is 2.42. The summed E-state index contributed by atoms with van der Waals surface area (Å²) in [7, 11) is 1.46. The van der Waals surface area contributed by atoms with E-state index >= 15 is 0 Å². The van der Waals surface area contributed by atoms with Crippen LogP contribution in [-0.4, -0.2) is 24.9 Å². The zero-order valence-electron chi connectivity index (χ0n) is 11.8. The molecular formula is C15H17Cl2NO3. The highest BCUT2D eigenvalue weighted by Gasteiger charge is 2.21. The molecule has 114 valence electrons. The Morgan fingerprint density at radius 3 is 2.62 bits per heavy atom. The first-order valence-electron chi connectivity index (χ1n) is 6.85. The Labute approximate surface area is 134 Å². The van der Waals surface area contributed by atoms with Crippen LogP contribution in [0, 0.1) is 0 Å². The maximum Gasteiger partial charge on any atom is 0.306 e. The highest BCUT2D eigenvalue weighted by molar-refractivity contribution is 6.42. The molecule has 0 saturated heterocycles. The van der Waals surface area contributed by atoms with E-state index in [-0.39, 0.29) is 18.5 Å². The van der Waals surface area contributed by atoms with E-state index in [2.05, 4.69) is 5.16 Å². The standard InChI is InChI=1S/C15H17Cl2NO3/c1-20-18-14(10-5-6-12(16)13(17)9-10)7-8-15(19)21-11-3-2-4-11/h5-6,9,11H,2-4,7-8H2,1H3. The number of carbonyl (C=O) groups excluding carboxylic acids is 1. The Morgan fingerprint density at radius 1 is 1.29 bits per heavy atom. The lowest BCUT2D eigenvalue weighted by atomic mass is 9.96. The van der Waals surface area contributed by atoms with Crippen molar-refractivity contribution < 1.29 is 14.4 Å². The number of oxime groups is 1. The van der Waals surface area contributed by atoms with Crippen LogP contribution in [0.5, 0.6) is 0 Å². The second-order valence-electron chi connectivity index (χ2n) is 4.89. The van der Waals surface area contributed by atoms with Crippen LogP contribution in [-0.2, 0) is 14.4 Å². The van der Waals surface area contributed by atoms with Gasteiger partial charge in [-0.25, -0.2) is 0 Å². The molecule has 0 aromatic heterocycles. The summed E-state index contributed by atoms with van der Waals surface area (Å²) in [5.74, 6) is -0.205. The molecule has 0 heterocycles. The quantitative estimate of drug-likeness (QED) is 0.446. The zero-order valence-corrected chi connectivity index (χ0v) is 13.3. The van der Waals surface area contributed by atoms with Gasteiger partial charge in [0.05, 0.1) is 22.2 Å². The molecule has 0 N–H and O–H groups in total. The largest absolute Gasteiger partial charge is 0.462 e. The summed E-state index contributed by atoms with van der Waals surface area (Å²) in [6.45, 7) is 0. The SMILES string of the molecule is CON=C(CCC(=O)OC1CCC1)c1ccc(Cl)c(Cl)c1. The second-order valence-corrected chi connectivity index (χ2v) is 5.71. The molecule has 0 unspecified atom stereocenters. The van der Waals surface area contributed by atoms with E-state index in [1.807, 2.05) is 0 Å². The molecule has 1 aliphatic carbocycles. The number of benzene rings is 1. The Hall–Kier alpha value is -1.26. The third-order valence-electron chi connectivity index (χ3n) is 3.37. The summed E-state index contributed by atoms with van der Waals surface area (Å²) in [4.78, 5) is 16.6. The number of rotatable bonds is 6. The molecule has 0 atom stereocenters. The van der Waals surface area contributed by atoms with E-state index in [1.54, 1.807) is 18.2 Å². The molecule has 0 radical (unpaired) electrons. The van der Waals surface area contributed by atoms with Gasteiger partial charge < -0.3 is 9.57 Å². The number of hydrogen-bond donors (Lipinski definition) is 0. The first-order chi connectivity index (χ1) is 10.1. The van der Waals surface area contributed by atoms with Crippen molar-refractivity contribution in [1.29, 1.82) is 0 Å². The predicted octanol–water partition coefficient (Wildman–Crippen LogP) is 4.22. The van der Waals surface area contributed by atoms with Crippen LogP contribution in [0.3, 0.4) is 0 Å². The number of ether oxygens (including phenoxy) is 1. The van der Waals surface area contributed by atoms with Gasteiger partial charge in [-0.15, -0.1) is 0 Å². The van der Waals surface area contributed by atoms with Crippen LogP contribution in [0.4, 0.5) is 0 Å². The normalized spacial score (nSPS) is 15.5. The number of hydrogen-bond acceptors (Lipinski definition) is 4. The zero-order chi connectivity index (χ0) is 15.2. The van der Waals surface area contributed by atoms with Gasteiger partial charge in [-0.2, -0.15) is 0 Å². The molecule has 1 fully saturated rings. The van der Waals surface area contributed by atoms with Gasteiger partial charge in [0.2, 0.25) is 0 Å². The van der Waals surface area contributed by atoms with E-state index in [0.717, 1.165) is 24.8 Å². The molecule has 21 heavy (non-hydrogen) atoms. The molecule has 4 nitrogen and oxygen atoms in total. The third-order valence-corrected chi connectivity index (χ3v) is 4.11. The van der Waals surface area contributed by atoms with Crippen molar-refractivity contribution in [3.63, 3.8) is 0 Å². The minimum atomic E-state index is -0.205. The molecule has 2 rings (SSSR count). The summed E-state index contributed by atoms with van der Waals surface area (Å²) < 4.78 is 5.31. The van der Waals surface area contributed by atoms with Gasteiger partial charge in [0.15, 0.2) is 0 Å². The molecule has 6 heteroatoms. The highest BCUT2D eigenvalue weighted by atomic mass is 35.5. The lowest BCUT2D eigenvalue weighted by molar-refractivity contribution is -0.152. The summed E-state index contributed by atoms with van der Waals surface area (Å²) in [5, 5.41) is 4.87. The summed E-state index contributed by atoms with van der Waals surface area (Å²) in [6, 6.07) is 5.19. The first kappa shape index (κ1) is 16.1. The Kier molecular flexibility index (Phi) is 5.88. The van der Waals surface area contributed by atoms with Crippen LogP contribution in [0.2, 0.25) is 10.0 Å². The maximum absolute atomic E-state index is 11.7. The first-order valence-corrected chi connectivity index (χ1v) is 7.60. The fourth-order valence-electron chi connectivity index (χ4n) is 1.98. The van der Waals surface area contributed by atoms with E-state index in [4.69, 9.17) is 32.8 Å². The summed E-state index contributed by atoms with van der Waals surface area (Å²) in [6.07, 6.45) is 3.87. The van der Waals surface area contributed by atoms with Crippen molar-refractivity contribution in [2.24, 2.45) is 5.16 Å². The fourth-order valence-corrected chi connectivity index (χ4v) is 2.28. The Bertz CT molecular complexity index is 542. The van der Waals surface area contributed by atoms with E-state index < -0.39 is 0 Å². The van der Waals surface area contributed by atoms with E-state index in [9.17, 15) is 4.79 Å². The minimum absolute atomic E-state index is 0.102. The third kappa shape index (κ3) is 4.61. The van der Waals surface area contributed by atoms with Crippen molar-refractivity contribution >= 4 is 34.9 Å². The molecule has 0 spiro atoms. The summed E-state index contributed by atoms with van der Waals surface area (Å²) in [5.41, 5.74) is 1.42. The van der Waals surface area contributed by atoms with Gasteiger partial charge >= 0.3 is 5.97 Å². The maximum atomic E-state index is 11.7. The summed E-state index contributed by atoms with van der Waals surface area (Å²) >= 11 is 11.9. The molecule has 1 saturated carbocycles. The van der Waals surface area contributed by atoms with Gasteiger partial charge in [-0.05, 0) is 31.4 Å². The Morgan fingerprint density at radius 2 is 2.05 bits per heavy atom. The molecule has 0 bridgehead atoms. The molecular weight excluding hydrogens is 313 g/mol. The van der Waals surface area contributed by atoms with E-state index in [1.165, 1.54) is 7.11 Å². The lowest BCUT2D eigenvalue weighted by Crippen LogP contribution is -2.25. The number of halogens is 2. The van der Waals surface area contributed by atoms with Crippen molar-refractivity contribution in [3.05, 3.63) is 33.8 Å². The van der Waals surface area contributed by atoms with Crippen LogP contribution in [0.25, 0.3) is 0 Å². The van der Waals surface area contributed by atoms with Crippen molar-refractivity contribution in [2.45, 2.75) is 38.2 Å². The molecule has 1 aromatic carbocycles. The Balaban J connectivity index is 1.96. The van der Waals surface area contributed by atoms with Crippen molar-refractivity contribution in [3.8, 4) is 0 Å². The lowest BCUT2D eigenvalue weighted by Gasteiger charge is -2.25. The number of carbonyl (C=O) groups is 1. The minimum Gasteiger partial charge on any atom is -0.462 e. The topological polar surface area (TPSA) is 47.9 Å². The van der Waals surface area contributed by atoms with Crippen LogP contribution >= 0.6 is 23.2 Å². The second kappa shape index (κ2) is 7.66. The monoisotopic (exact) mass is 329 g/mol. The highest BCUT2D eigenvalue weighted by Crippen LogP contribution is 2.25. The number of nitrogens with zero attached hydrogens (tertiary/aromatic N) is 1. The molecule has 1 aromatic rings. The van der Waals surface area contributed by atoms with Crippen LogP contribution in [0.1, 0.15) is 37.7 Å². The van der Waals surface area contributed by atoms with Crippen molar-refractivity contribution in [1.82, 2.24) is 0 Å². The van der Waals surface area contributed by atoms with Gasteiger partial charge in [0, 0.05) is 12.0 Å². The van der Waals surface area contributed by atoms with E-state index in [0.29, 0.717) is 22.2 Å². The number of esters is 1. The smallest absolute Gasteiger partial charge is 0.306 e.